The molecule has 2 aliphatic heterocycles. The first kappa shape index (κ1) is 9.81. The van der Waals surface area contributed by atoms with Gasteiger partial charge in [0.2, 0.25) is 0 Å². The molecule has 0 radical (unpaired) electrons. The van der Waals surface area contributed by atoms with Gasteiger partial charge in [-0.3, -0.25) is 0 Å². The van der Waals surface area contributed by atoms with Crippen molar-refractivity contribution in [2.45, 2.75) is 42.6 Å². The topological polar surface area (TPSA) is 57.5 Å². The summed E-state index contributed by atoms with van der Waals surface area (Å²) in [5.74, 6) is 0.979. The lowest BCUT2D eigenvalue weighted by Gasteiger charge is -2.20. The highest BCUT2D eigenvalue weighted by atomic mass is 32.2. The van der Waals surface area contributed by atoms with Crippen LogP contribution in [0.4, 0.5) is 0 Å². The second-order valence-corrected chi connectivity index (χ2v) is 5.73. The Kier molecular flexibility index (Phi) is 2.16. The van der Waals surface area contributed by atoms with Crippen LogP contribution in [0.15, 0.2) is 22.4 Å². The number of rotatable bonds is 4. The van der Waals surface area contributed by atoms with Crippen LogP contribution in [0, 0.1) is 0 Å². The van der Waals surface area contributed by atoms with Gasteiger partial charge in [0.15, 0.2) is 5.66 Å². The molecule has 4 nitrogen and oxygen atoms in total. The summed E-state index contributed by atoms with van der Waals surface area (Å²) in [6, 6.07) is 0. The molecule has 1 N–H and O–H groups in total. The van der Waals surface area contributed by atoms with E-state index in [1.807, 2.05) is 6.92 Å². The fourth-order valence-electron chi connectivity index (χ4n) is 1.81. The number of thioether (sulfide) groups is 1. The van der Waals surface area contributed by atoms with Gasteiger partial charge in [0, 0.05) is 6.42 Å². The van der Waals surface area contributed by atoms with Crippen molar-refractivity contribution < 1.29 is 9.84 Å². The van der Waals surface area contributed by atoms with Gasteiger partial charge in [-0.05, 0) is 12.7 Å². The van der Waals surface area contributed by atoms with Crippen molar-refractivity contribution in [2.75, 3.05) is 5.75 Å². The minimum absolute atomic E-state index is 0.0541. The zero-order valence-electron chi connectivity index (χ0n) is 8.54. The number of fused-ring (bicyclic) bond motifs is 1. The van der Waals surface area contributed by atoms with Crippen LogP contribution in [0.3, 0.4) is 0 Å². The average Bonchev–Trinajstić information content (AvgIpc) is 3.07. The van der Waals surface area contributed by atoms with Gasteiger partial charge in [-0.1, -0.05) is 12.2 Å². The normalized spacial score (nSPS) is 43.9. The predicted octanol–water partition coefficient (Wildman–Crippen LogP) is 1.36. The molecular weight excluding hydrogens is 212 g/mol. The molecule has 0 saturated carbocycles. The maximum Gasteiger partial charge on any atom is 0.189 e. The molecule has 0 amide bonds. The molecule has 4 atom stereocenters. The number of ether oxygens (including phenoxy) is 1. The third kappa shape index (κ3) is 1.96. The Bertz CT molecular complexity index is 325. The van der Waals surface area contributed by atoms with Crippen molar-refractivity contribution in [1.82, 2.24) is 0 Å². The zero-order chi connectivity index (χ0) is 10.5. The van der Waals surface area contributed by atoms with E-state index in [4.69, 9.17) is 4.74 Å². The maximum absolute atomic E-state index is 9.88. The fraction of sp³-hybridized carbons (Fsp3) is 0.800. The number of epoxide rings is 1. The van der Waals surface area contributed by atoms with Crippen molar-refractivity contribution in [3.05, 3.63) is 12.2 Å². The number of aliphatic hydroxyl groups is 1. The standard InChI is InChI=1S/C10H14N2O2S/c1-10(11-12-10)4-5-15-7-3-2-6-9(14-6)8(7)13/h2-3,6-9,13H,4-5H2,1H3/t6-,7+,8-,9-/m0/s1. The van der Waals surface area contributed by atoms with E-state index in [0.717, 1.165) is 12.2 Å². The minimum Gasteiger partial charge on any atom is -0.389 e. The summed E-state index contributed by atoms with van der Waals surface area (Å²) in [5.41, 5.74) is -0.116. The quantitative estimate of drug-likeness (QED) is 0.581. The van der Waals surface area contributed by atoms with Crippen LogP contribution in [0.1, 0.15) is 13.3 Å². The molecule has 3 rings (SSSR count). The van der Waals surface area contributed by atoms with Gasteiger partial charge in [0.1, 0.15) is 12.2 Å². The second-order valence-electron chi connectivity index (χ2n) is 4.44. The lowest BCUT2D eigenvalue weighted by Crippen LogP contribution is -2.31. The SMILES string of the molecule is CC1(CCS[C@@H]2C=C[C@@H]3O[C@@H]3[C@H]2O)N=N1. The molecule has 82 valence electrons. The molecule has 0 aromatic heterocycles. The first-order valence-electron chi connectivity index (χ1n) is 5.25. The molecule has 0 unspecified atom stereocenters. The maximum atomic E-state index is 9.88. The van der Waals surface area contributed by atoms with E-state index in [9.17, 15) is 5.11 Å². The van der Waals surface area contributed by atoms with Gasteiger partial charge in [-0.25, -0.2) is 0 Å². The fourth-order valence-corrected chi connectivity index (χ4v) is 3.14. The van der Waals surface area contributed by atoms with E-state index in [1.165, 1.54) is 0 Å². The summed E-state index contributed by atoms with van der Waals surface area (Å²) in [6.45, 7) is 2.03. The monoisotopic (exact) mass is 226 g/mol. The van der Waals surface area contributed by atoms with Gasteiger partial charge in [0.05, 0.1) is 11.4 Å². The number of hydrogen-bond donors (Lipinski definition) is 1. The molecule has 0 spiro atoms. The van der Waals surface area contributed by atoms with Crippen molar-refractivity contribution in [3.63, 3.8) is 0 Å². The van der Waals surface area contributed by atoms with E-state index in [2.05, 4.69) is 22.4 Å². The van der Waals surface area contributed by atoms with Gasteiger partial charge in [0.25, 0.3) is 0 Å². The highest BCUT2D eigenvalue weighted by Gasteiger charge is 2.48. The summed E-state index contributed by atoms with van der Waals surface area (Å²) in [6.07, 6.45) is 4.98. The Balaban J connectivity index is 1.46. The van der Waals surface area contributed by atoms with E-state index in [1.54, 1.807) is 11.8 Å². The summed E-state index contributed by atoms with van der Waals surface area (Å²) in [7, 11) is 0. The minimum atomic E-state index is -0.342. The highest BCUT2D eigenvalue weighted by molar-refractivity contribution is 8.00. The van der Waals surface area contributed by atoms with Crippen molar-refractivity contribution >= 4 is 11.8 Å². The van der Waals surface area contributed by atoms with Crippen molar-refractivity contribution in [2.24, 2.45) is 10.2 Å². The molecule has 15 heavy (non-hydrogen) atoms. The largest absolute Gasteiger partial charge is 0.389 e. The van der Waals surface area contributed by atoms with Crippen molar-refractivity contribution in [3.8, 4) is 0 Å². The third-order valence-corrected chi connectivity index (χ3v) is 4.31. The van der Waals surface area contributed by atoms with E-state index in [0.29, 0.717) is 0 Å². The summed E-state index contributed by atoms with van der Waals surface area (Å²) < 4.78 is 5.29. The van der Waals surface area contributed by atoms with Gasteiger partial charge in [-0.2, -0.15) is 22.0 Å². The molecule has 1 aliphatic carbocycles. The van der Waals surface area contributed by atoms with Crippen LogP contribution in [-0.4, -0.2) is 40.1 Å². The Morgan fingerprint density at radius 3 is 3.00 bits per heavy atom. The Morgan fingerprint density at radius 1 is 1.47 bits per heavy atom. The first-order valence-corrected chi connectivity index (χ1v) is 6.30. The molecule has 1 saturated heterocycles. The van der Waals surface area contributed by atoms with Crippen LogP contribution in [-0.2, 0) is 4.74 Å². The highest BCUT2D eigenvalue weighted by Crippen LogP contribution is 2.38. The lowest BCUT2D eigenvalue weighted by atomic mass is 10.0. The van der Waals surface area contributed by atoms with Gasteiger partial charge >= 0.3 is 0 Å². The van der Waals surface area contributed by atoms with Crippen LogP contribution >= 0.6 is 11.8 Å². The van der Waals surface area contributed by atoms with Crippen LogP contribution < -0.4 is 0 Å². The Labute approximate surface area is 92.8 Å². The van der Waals surface area contributed by atoms with E-state index < -0.39 is 0 Å². The average molecular weight is 226 g/mol. The predicted molar refractivity (Wildman–Crippen MR) is 57.9 cm³/mol. The zero-order valence-corrected chi connectivity index (χ0v) is 9.35. The molecule has 0 aromatic rings. The molecule has 0 bridgehead atoms. The Morgan fingerprint density at radius 2 is 2.27 bits per heavy atom. The smallest absolute Gasteiger partial charge is 0.189 e. The van der Waals surface area contributed by atoms with Gasteiger partial charge in [-0.15, -0.1) is 0 Å². The Hall–Kier alpha value is -0.390. The van der Waals surface area contributed by atoms with Crippen LogP contribution in [0.25, 0.3) is 0 Å². The van der Waals surface area contributed by atoms with Crippen LogP contribution in [0.5, 0.6) is 0 Å². The second kappa shape index (κ2) is 3.30. The third-order valence-electron chi connectivity index (χ3n) is 3.05. The summed E-state index contributed by atoms with van der Waals surface area (Å²) in [4.78, 5) is 0. The molecule has 0 aromatic carbocycles. The number of nitrogens with zero attached hydrogens (tertiary/aromatic N) is 2. The summed E-state index contributed by atoms with van der Waals surface area (Å²) in [5, 5.41) is 18.0. The van der Waals surface area contributed by atoms with E-state index in [-0.39, 0.29) is 29.2 Å². The first-order chi connectivity index (χ1) is 7.18. The van der Waals surface area contributed by atoms with Crippen molar-refractivity contribution in [1.29, 1.82) is 0 Å². The molecule has 1 fully saturated rings. The summed E-state index contributed by atoms with van der Waals surface area (Å²) >= 11 is 1.77. The van der Waals surface area contributed by atoms with Gasteiger partial charge < -0.3 is 9.84 Å². The lowest BCUT2D eigenvalue weighted by molar-refractivity contribution is 0.142. The number of hydrogen-bond acceptors (Lipinski definition) is 5. The molecule has 5 heteroatoms. The number of aliphatic hydroxyl groups excluding tert-OH is 1. The molecule has 3 aliphatic rings. The molecule has 2 heterocycles. The molecular formula is C10H14N2O2S. The van der Waals surface area contributed by atoms with E-state index >= 15 is 0 Å². The van der Waals surface area contributed by atoms with Crippen LogP contribution in [0.2, 0.25) is 0 Å².